The number of nitrogens with zero attached hydrogens (tertiary/aromatic N) is 2. The lowest BCUT2D eigenvalue weighted by molar-refractivity contribution is -0.137. The number of carboxylic acids is 1. The number of rotatable bonds is 14. The molecule has 0 unspecified atom stereocenters. The predicted molar refractivity (Wildman–Crippen MR) is 111 cm³/mol. The lowest BCUT2D eigenvalue weighted by Crippen LogP contribution is -2.19. The van der Waals surface area contributed by atoms with Crippen molar-refractivity contribution < 1.29 is 9.90 Å². The first-order valence-electron chi connectivity index (χ1n) is 10.2. The van der Waals surface area contributed by atoms with Crippen LogP contribution in [-0.4, -0.2) is 22.6 Å². The maximum atomic E-state index is 10.5. The molecule has 0 spiro atoms. The molecule has 4 nitrogen and oxygen atoms in total. The third kappa shape index (κ3) is 8.72. The van der Waals surface area contributed by atoms with Gasteiger partial charge in [-0.25, -0.2) is 4.98 Å². The van der Waals surface area contributed by atoms with E-state index >= 15 is 0 Å². The summed E-state index contributed by atoms with van der Waals surface area (Å²) in [6.07, 6.45) is 12.6. The zero-order valence-electron chi connectivity index (χ0n) is 16.2. The van der Waals surface area contributed by atoms with Gasteiger partial charge in [0, 0.05) is 24.8 Å². The van der Waals surface area contributed by atoms with Gasteiger partial charge >= 0.3 is 5.97 Å². The van der Waals surface area contributed by atoms with Crippen LogP contribution in [0.5, 0.6) is 0 Å². The van der Waals surface area contributed by atoms with Crippen LogP contribution in [0.1, 0.15) is 64.2 Å². The van der Waals surface area contributed by atoms with Crippen LogP contribution in [0.15, 0.2) is 54.7 Å². The molecule has 0 atom stereocenters. The molecule has 2 rings (SSSR count). The summed E-state index contributed by atoms with van der Waals surface area (Å²) >= 11 is 0. The smallest absolute Gasteiger partial charge is 0.303 e. The maximum absolute atomic E-state index is 10.5. The Hall–Kier alpha value is -2.36. The highest BCUT2D eigenvalue weighted by Gasteiger charge is 2.09. The molecule has 2 aromatic rings. The molecule has 0 fully saturated rings. The zero-order chi connectivity index (χ0) is 19.2. The number of benzene rings is 1. The van der Waals surface area contributed by atoms with E-state index in [0.29, 0.717) is 6.42 Å². The highest BCUT2D eigenvalue weighted by molar-refractivity contribution is 5.66. The molecule has 1 aromatic carbocycles. The monoisotopic (exact) mass is 368 g/mol. The molecule has 1 aromatic heterocycles. The summed E-state index contributed by atoms with van der Waals surface area (Å²) in [5.74, 6) is 0.329. The minimum Gasteiger partial charge on any atom is -0.481 e. The van der Waals surface area contributed by atoms with Gasteiger partial charge in [0.15, 0.2) is 0 Å². The van der Waals surface area contributed by atoms with Crippen LogP contribution in [-0.2, 0) is 4.79 Å². The summed E-state index contributed by atoms with van der Waals surface area (Å²) in [5.41, 5.74) is 1.19. The van der Waals surface area contributed by atoms with Gasteiger partial charge in [-0.1, -0.05) is 69.2 Å². The van der Waals surface area contributed by atoms with Gasteiger partial charge in [-0.2, -0.15) is 0 Å². The molecule has 146 valence electrons. The molecule has 0 aliphatic carbocycles. The highest BCUT2D eigenvalue weighted by Crippen LogP contribution is 2.23. The van der Waals surface area contributed by atoms with Crippen molar-refractivity contribution in [3.8, 4) is 0 Å². The quantitative estimate of drug-likeness (QED) is 0.403. The van der Waals surface area contributed by atoms with Crippen molar-refractivity contribution >= 4 is 17.5 Å². The number of hydrogen-bond acceptors (Lipinski definition) is 3. The number of pyridine rings is 1. The summed E-state index contributed by atoms with van der Waals surface area (Å²) in [7, 11) is 0. The molecule has 4 heteroatoms. The first-order chi connectivity index (χ1) is 13.3. The van der Waals surface area contributed by atoms with E-state index < -0.39 is 5.97 Å². The Labute approximate surface area is 163 Å². The van der Waals surface area contributed by atoms with E-state index in [0.717, 1.165) is 38.0 Å². The predicted octanol–water partition coefficient (Wildman–Crippen LogP) is 6.21. The van der Waals surface area contributed by atoms with Gasteiger partial charge < -0.3 is 10.0 Å². The van der Waals surface area contributed by atoms with Gasteiger partial charge in [-0.15, -0.1) is 0 Å². The lowest BCUT2D eigenvalue weighted by atomic mass is 10.1. The number of anilines is 2. The van der Waals surface area contributed by atoms with Crippen molar-refractivity contribution in [3.05, 3.63) is 54.7 Å². The second kappa shape index (κ2) is 12.9. The molecule has 0 aliphatic heterocycles. The van der Waals surface area contributed by atoms with Crippen LogP contribution in [0.4, 0.5) is 11.5 Å². The van der Waals surface area contributed by atoms with E-state index in [9.17, 15) is 4.79 Å². The van der Waals surface area contributed by atoms with Crippen molar-refractivity contribution in [1.82, 2.24) is 4.98 Å². The van der Waals surface area contributed by atoms with Crippen molar-refractivity contribution in [2.75, 3.05) is 11.4 Å². The number of hydrogen-bond donors (Lipinski definition) is 1. The summed E-state index contributed by atoms with van der Waals surface area (Å²) < 4.78 is 0. The molecule has 0 bridgehead atoms. The Bertz CT molecular complexity index is 592. The Morgan fingerprint density at radius 1 is 0.778 bits per heavy atom. The van der Waals surface area contributed by atoms with Crippen LogP contribution in [0, 0.1) is 0 Å². The van der Waals surface area contributed by atoms with Crippen molar-refractivity contribution in [2.24, 2.45) is 0 Å². The van der Waals surface area contributed by atoms with Crippen molar-refractivity contribution in [2.45, 2.75) is 64.2 Å². The highest BCUT2D eigenvalue weighted by atomic mass is 16.4. The summed E-state index contributed by atoms with van der Waals surface area (Å²) in [4.78, 5) is 17.3. The third-order valence-electron chi connectivity index (χ3n) is 4.77. The molecule has 27 heavy (non-hydrogen) atoms. The number of carboxylic acid groups (broad SMARTS) is 1. The SMILES string of the molecule is O=C(O)CCCCCCCCCCCN(c1ccccc1)c1ccccn1. The second-order valence-electron chi connectivity index (χ2n) is 7.00. The first-order valence-corrected chi connectivity index (χ1v) is 10.2. The van der Waals surface area contributed by atoms with Gasteiger partial charge in [0.05, 0.1) is 0 Å². The molecule has 0 amide bonds. The molecule has 1 heterocycles. The fourth-order valence-corrected chi connectivity index (χ4v) is 3.28. The van der Waals surface area contributed by atoms with E-state index in [1.165, 1.54) is 37.8 Å². The van der Waals surface area contributed by atoms with Gasteiger partial charge in [-0.05, 0) is 37.1 Å². The van der Waals surface area contributed by atoms with E-state index in [2.05, 4.69) is 40.2 Å². The Morgan fingerprint density at radius 3 is 1.96 bits per heavy atom. The lowest BCUT2D eigenvalue weighted by Gasteiger charge is -2.23. The van der Waals surface area contributed by atoms with Crippen LogP contribution in [0.2, 0.25) is 0 Å². The summed E-state index contributed by atoms with van der Waals surface area (Å²) in [6, 6.07) is 16.5. The van der Waals surface area contributed by atoms with Crippen LogP contribution in [0.3, 0.4) is 0 Å². The van der Waals surface area contributed by atoms with Crippen LogP contribution in [0.25, 0.3) is 0 Å². The Morgan fingerprint density at radius 2 is 1.37 bits per heavy atom. The average molecular weight is 369 g/mol. The molecule has 0 aliphatic rings. The number of aromatic nitrogens is 1. The van der Waals surface area contributed by atoms with E-state index in [1.807, 2.05) is 24.4 Å². The minimum absolute atomic E-state index is 0.314. The minimum atomic E-state index is -0.676. The number of aliphatic carboxylic acids is 1. The molecule has 1 N–H and O–H groups in total. The van der Waals surface area contributed by atoms with E-state index in [-0.39, 0.29) is 0 Å². The summed E-state index contributed by atoms with van der Waals surface area (Å²) in [5, 5.41) is 8.61. The fraction of sp³-hybridized carbons (Fsp3) is 0.478. The Balaban J connectivity index is 1.62. The molecule has 0 radical (unpaired) electrons. The van der Waals surface area contributed by atoms with Gasteiger partial charge in [-0.3, -0.25) is 4.79 Å². The van der Waals surface area contributed by atoms with Gasteiger partial charge in [0.25, 0.3) is 0 Å². The first kappa shape index (κ1) is 20.9. The van der Waals surface area contributed by atoms with Crippen LogP contribution < -0.4 is 4.90 Å². The number of para-hydroxylation sites is 1. The second-order valence-corrected chi connectivity index (χ2v) is 7.00. The van der Waals surface area contributed by atoms with E-state index in [1.54, 1.807) is 0 Å². The number of carbonyl (C=O) groups is 1. The topological polar surface area (TPSA) is 53.4 Å². The average Bonchev–Trinajstić information content (AvgIpc) is 2.70. The van der Waals surface area contributed by atoms with E-state index in [4.69, 9.17) is 5.11 Å². The van der Waals surface area contributed by atoms with Crippen LogP contribution >= 0.6 is 0 Å². The molecule has 0 saturated carbocycles. The number of unbranched alkanes of at least 4 members (excludes halogenated alkanes) is 8. The van der Waals surface area contributed by atoms with Crippen molar-refractivity contribution in [3.63, 3.8) is 0 Å². The third-order valence-corrected chi connectivity index (χ3v) is 4.77. The fourth-order valence-electron chi connectivity index (χ4n) is 3.28. The maximum Gasteiger partial charge on any atom is 0.303 e. The van der Waals surface area contributed by atoms with Crippen molar-refractivity contribution in [1.29, 1.82) is 0 Å². The van der Waals surface area contributed by atoms with Gasteiger partial charge in [0.2, 0.25) is 0 Å². The molecular weight excluding hydrogens is 336 g/mol. The molecular formula is C23H32N2O2. The largest absolute Gasteiger partial charge is 0.481 e. The van der Waals surface area contributed by atoms with Gasteiger partial charge in [0.1, 0.15) is 5.82 Å². The molecule has 0 saturated heterocycles. The normalized spacial score (nSPS) is 10.7. The summed E-state index contributed by atoms with van der Waals surface area (Å²) in [6.45, 7) is 0.982. The zero-order valence-corrected chi connectivity index (χ0v) is 16.2. The standard InChI is InChI=1S/C23H32N2O2/c26-23(27)18-11-6-4-2-1-3-5-7-14-20-25(21-15-9-8-10-16-21)22-17-12-13-19-24-22/h8-10,12-13,15-17,19H,1-7,11,14,18,20H2,(H,26,27). The Kier molecular flexibility index (Phi) is 10.0.